The Morgan fingerprint density at radius 1 is 1.21 bits per heavy atom. The summed E-state index contributed by atoms with van der Waals surface area (Å²) in [6.45, 7) is 0. The summed E-state index contributed by atoms with van der Waals surface area (Å²) in [7, 11) is 0. The molecule has 0 aliphatic heterocycles. The lowest BCUT2D eigenvalue weighted by Crippen LogP contribution is -2.44. The lowest BCUT2D eigenvalue weighted by molar-refractivity contribution is 0.290. The van der Waals surface area contributed by atoms with Crippen LogP contribution in [0.4, 0.5) is 0 Å². The Morgan fingerprint density at radius 2 is 1.95 bits per heavy atom. The molecule has 0 spiro atoms. The number of hydrogen-bond donors (Lipinski definition) is 2. The number of imidazole rings is 1. The Labute approximate surface area is 122 Å². The van der Waals surface area contributed by atoms with Crippen LogP contribution in [0.25, 0.3) is 11.0 Å². The van der Waals surface area contributed by atoms with Gasteiger partial charge in [0.1, 0.15) is 11.3 Å². The molecule has 0 atom stereocenters. The van der Waals surface area contributed by atoms with Crippen molar-refractivity contribution in [1.29, 1.82) is 0 Å². The first-order valence-corrected chi connectivity index (χ1v) is 7.44. The minimum atomic E-state index is -0.123. The maximum absolute atomic E-state index is 6.46. The second kappa shape index (κ2) is 4.97. The van der Waals surface area contributed by atoms with Crippen molar-refractivity contribution in [2.24, 2.45) is 5.73 Å². The summed E-state index contributed by atoms with van der Waals surface area (Å²) in [6, 6.07) is 3.57. The molecule has 1 aliphatic rings. The SMILES string of the molecule is NC1(Cc2nc3c(Cl)cc(Cl)cc3[nH]2)CCCCC1. The molecule has 1 aromatic heterocycles. The maximum atomic E-state index is 6.46. The Hall–Kier alpha value is -0.770. The maximum Gasteiger partial charge on any atom is 0.109 e. The van der Waals surface area contributed by atoms with Gasteiger partial charge in [-0.3, -0.25) is 0 Å². The van der Waals surface area contributed by atoms with Gasteiger partial charge in [0.15, 0.2) is 0 Å². The first-order valence-electron chi connectivity index (χ1n) is 6.68. The highest BCUT2D eigenvalue weighted by Gasteiger charge is 2.28. The highest BCUT2D eigenvalue weighted by Crippen LogP contribution is 2.31. The molecule has 1 fully saturated rings. The average Bonchev–Trinajstić information content (AvgIpc) is 2.71. The third kappa shape index (κ3) is 2.73. The molecule has 0 saturated heterocycles. The number of rotatable bonds is 2. The Morgan fingerprint density at radius 3 is 2.68 bits per heavy atom. The van der Waals surface area contributed by atoms with Crippen molar-refractivity contribution in [2.75, 3.05) is 0 Å². The minimum absolute atomic E-state index is 0.123. The van der Waals surface area contributed by atoms with Gasteiger partial charge >= 0.3 is 0 Å². The average molecular weight is 298 g/mol. The number of nitrogens with one attached hydrogen (secondary N) is 1. The van der Waals surface area contributed by atoms with E-state index in [4.69, 9.17) is 28.9 Å². The highest BCUT2D eigenvalue weighted by atomic mass is 35.5. The van der Waals surface area contributed by atoms with Gasteiger partial charge < -0.3 is 10.7 Å². The molecule has 0 radical (unpaired) electrons. The van der Waals surface area contributed by atoms with E-state index in [1.165, 1.54) is 19.3 Å². The largest absolute Gasteiger partial charge is 0.342 e. The number of fused-ring (bicyclic) bond motifs is 1. The van der Waals surface area contributed by atoms with Crippen LogP contribution in [-0.2, 0) is 6.42 Å². The van der Waals surface area contributed by atoms with E-state index in [9.17, 15) is 0 Å². The predicted molar refractivity (Wildman–Crippen MR) is 79.8 cm³/mol. The molecule has 19 heavy (non-hydrogen) atoms. The first-order chi connectivity index (χ1) is 9.06. The van der Waals surface area contributed by atoms with E-state index in [-0.39, 0.29) is 5.54 Å². The predicted octanol–water partition coefficient (Wildman–Crippen LogP) is 4.07. The fourth-order valence-corrected chi connectivity index (χ4v) is 3.48. The summed E-state index contributed by atoms with van der Waals surface area (Å²) in [6.07, 6.45) is 6.62. The number of aromatic amines is 1. The number of benzene rings is 1. The van der Waals surface area contributed by atoms with E-state index in [1.54, 1.807) is 6.07 Å². The Balaban J connectivity index is 1.91. The third-order valence-electron chi connectivity index (χ3n) is 3.92. The van der Waals surface area contributed by atoms with Gasteiger partial charge in [-0.15, -0.1) is 0 Å². The number of hydrogen-bond acceptors (Lipinski definition) is 2. The molecule has 5 heteroatoms. The molecule has 3 rings (SSSR count). The molecule has 3 N–H and O–H groups in total. The highest BCUT2D eigenvalue weighted by molar-refractivity contribution is 6.38. The topological polar surface area (TPSA) is 54.7 Å². The van der Waals surface area contributed by atoms with Gasteiger partial charge in [-0.05, 0) is 25.0 Å². The van der Waals surface area contributed by atoms with Crippen LogP contribution in [0.3, 0.4) is 0 Å². The van der Waals surface area contributed by atoms with Crippen LogP contribution in [0.1, 0.15) is 37.9 Å². The summed E-state index contributed by atoms with van der Waals surface area (Å²) < 4.78 is 0. The number of nitrogens with two attached hydrogens (primary N) is 1. The summed E-state index contributed by atoms with van der Waals surface area (Å²) in [5.74, 6) is 0.906. The molecule has 1 aliphatic carbocycles. The van der Waals surface area contributed by atoms with E-state index in [0.29, 0.717) is 10.0 Å². The van der Waals surface area contributed by atoms with E-state index in [1.807, 2.05) is 6.07 Å². The summed E-state index contributed by atoms with van der Waals surface area (Å²) in [5, 5.41) is 1.20. The van der Waals surface area contributed by atoms with Crippen molar-refractivity contribution in [2.45, 2.75) is 44.1 Å². The van der Waals surface area contributed by atoms with Crippen LogP contribution in [0.5, 0.6) is 0 Å². The normalized spacial score (nSPS) is 18.9. The molecule has 1 saturated carbocycles. The molecule has 1 aromatic carbocycles. The van der Waals surface area contributed by atoms with Crippen LogP contribution in [0.2, 0.25) is 10.0 Å². The van der Waals surface area contributed by atoms with Crippen LogP contribution < -0.4 is 5.73 Å². The smallest absolute Gasteiger partial charge is 0.109 e. The Bertz CT molecular complexity index is 600. The van der Waals surface area contributed by atoms with Crippen molar-refractivity contribution in [3.63, 3.8) is 0 Å². The van der Waals surface area contributed by atoms with E-state index in [2.05, 4.69) is 9.97 Å². The molecule has 0 bridgehead atoms. The summed E-state index contributed by atoms with van der Waals surface area (Å²) in [4.78, 5) is 7.86. The van der Waals surface area contributed by atoms with E-state index in [0.717, 1.165) is 36.1 Å². The molecule has 1 heterocycles. The van der Waals surface area contributed by atoms with Crippen molar-refractivity contribution < 1.29 is 0 Å². The van der Waals surface area contributed by atoms with Crippen LogP contribution in [0, 0.1) is 0 Å². The summed E-state index contributed by atoms with van der Waals surface area (Å²) in [5.41, 5.74) is 8.00. The molecular weight excluding hydrogens is 281 g/mol. The van der Waals surface area contributed by atoms with Gasteiger partial charge in [0.25, 0.3) is 0 Å². The van der Waals surface area contributed by atoms with Gasteiger partial charge in [0.05, 0.1) is 10.5 Å². The van der Waals surface area contributed by atoms with Gasteiger partial charge in [-0.2, -0.15) is 0 Å². The number of halogens is 2. The zero-order chi connectivity index (χ0) is 13.5. The minimum Gasteiger partial charge on any atom is -0.342 e. The lowest BCUT2D eigenvalue weighted by atomic mass is 9.80. The van der Waals surface area contributed by atoms with Crippen molar-refractivity contribution >= 4 is 34.2 Å². The lowest BCUT2D eigenvalue weighted by Gasteiger charge is -2.32. The Kier molecular flexibility index (Phi) is 3.46. The zero-order valence-corrected chi connectivity index (χ0v) is 12.2. The van der Waals surface area contributed by atoms with Crippen LogP contribution in [-0.4, -0.2) is 15.5 Å². The van der Waals surface area contributed by atoms with Gasteiger partial charge in [-0.1, -0.05) is 42.5 Å². The fraction of sp³-hybridized carbons (Fsp3) is 0.500. The van der Waals surface area contributed by atoms with E-state index >= 15 is 0 Å². The van der Waals surface area contributed by atoms with Crippen LogP contribution >= 0.6 is 23.2 Å². The van der Waals surface area contributed by atoms with Crippen molar-refractivity contribution in [3.05, 3.63) is 28.0 Å². The van der Waals surface area contributed by atoms with Gasteiger partial charge in [0.2, 0.25) is 0 Å². The van der Waals surface area contributed by atoms with E-state index < -0.39 is 0 Å². The number of aromatic nitrogens is 2. The molecular formula is C14H17Cl2N3. The van der Waals surface area contributed by atoms with Gasteiger partial charge in [0, 0.05) is 17.0 Å². The number of nitrogens with zero attached hydrogens (tertiary/aromatic N) is 1. The summed E-state index contributed by atoms with van der Waals surface area (Å²) >= 11 is 12.2. The first kappa shape index (κ1) is 13.2. The van der Waals surface area contributed by atoms with Crippen molar-refractivity contribution in [3.8, 4) is 0 Å². The van der Waals surface area contributed by atoms with Gasteiger partial charge in [-0.25, -0.2) is 4.98 Å². The number of H-pyrrole nitrogens is 1. The zero-order valence-electron chi connectivity index (χ0n) is 10.7. The molecule has 3 nitrogen and oxygen atoms in total. The second-order valence-electron chi connectivity index (χ2n) is 5.57. The molecule has 2 aromatic rings. The molecule has 102 valence electrons. The third-order valence-corrected chi connectivity index (χ3v) is 4.43. The molecule has 0 unspecified atom stereocenters. The molecule has 0 amide bonds. The standard InChI is InChI=1S/C14H17Cl2N3/c15-9-6-10(16)13-11(7-9)18-12(19-13)8-14(17)4-2-1-3-5-14/h6-7H,1-5,8,17H2,(H,18,19). The second-order valence-corrected chi connectivity index (χ2v) is 6.41. The monoisotopic (exact) mass is 297 g/mol. The quantitative estimate of drug-likeness (QED) is 0.878. The fourth-order valence-electron chi connectivity index (χ4n) is 2.94. The van der Waals surface area contributed by atoms with Crippen molar-refractivity contribution in [1.82, 2.24) is 9.97 Å². The van der Waals surface area contributed by atoms with Crippen LogP contribution in [0.15, 0.2) is 12.1 Å².